The molecule has 18 heavy (non-hydrogen) atoms. The Morgan fingerprint density at radius 1 is 1.61 bits per heavy atom. The quantitative estimate of drug-likeness (QED) is 0.666. The Balaban J connectivity index is 1.75. The van der Waals surface area contributed by atoms with Crippen LogP contribution in [0.3, 0.4) is 0 Å². The van der Waals surface area contributed by atoms with Gasteiger partial charge in [0.15, 0.2) is 5.82 Å². The van der Waals surface area contributed by atoms with Gasteiger partial charge >= 0.3 is 0 Å². The number of amides is 1. The van der Waals surface area contributed by atoms with Crippen molar-refractivity contribution in [2.24, 2.45) is 10.7 Å². The van der Waals surface area contributed by atoms with Crippen molar-refractivity contribution in [3.8, 4) is 0 Å². The van der Waals surface area contributed by atoms with Crippen molar-refractivity contribution >= 4 is 12.2 Å². The molecule has 98 valence electrons. The van der Waals surface area contributed by atoms with Gasteiger partial charge in [0.25, 0.3) is 0 Å². The predicted molar refractivity (Wildman–Crippen MR) is 65.2 cm³/mol. The van der Waals surface area contributed by atoms with E-state index < -0.39 is 0 Å². The summed E-state index contributed by atoms with van der Waals surface area (Å²) in [5.74, 6) is 1.01. The molecule has 8 heteroatoms. The molecule has 0 aliphatic carbocycles. The second-order valence-corrected chi connectivity index (χ2v) is 4.19. The number of fused-ring (bicyclic) bond motifs is 1. The maximum Gasteiger partial charge on any atom is 0.220 e. The van der Waals surface area contributed by atoms with Crippen molar-refractivity contribution in [2.45, 2.75) is 25.2 Å². The molecule has 1 aromatic rings. The summed E-state index contributed by atoms with van der Waals surface area (Å²) in [6.45, 7) is 1.81. The topological polar surface area (TPSA) is 111 Å². The molecule has 0 bridgehead atoms. The lowest BCUT2D eigenvalue weighted by Gasteiger charge is -2.16. The summed E-state index contributed by atoms with van der Waals surface area (Å²) in [6.07, 6.45) is 3.60. The number of nitrogens with zero attached hydrogens (tertiary/aromatic N) is 5. The number of rotatable bonds is 6. The first-order valence-corrected chi connectivity index (χ1v) is 6.05. The van der Waals surface area contributed by atoms with Crippen LogP contribution in [-0.4, -0.2) is 52.1 Å². The van der Waals surface area contributed by atoms with Crippen LogP contribution in [0.2, 0.25) is 0 Å². The van der Waals surface area contributed by atoms with Crippen LogP contribution in [0.4, 0.5) is 0 Å². The molecule has 0 spiro atoms. The molecule has 1 atom stereocenters. The van der Waals surface area contributed by atoms with Crippen LogP contribution in [-0.2, 0) is 4.79 Å². The van der Waals surface area contributed by atoms with Gasteiger partial charge in [-0.25, -0.2) is 0 Å². The molecular weight excluding hydrogens is 234 g/mol. The van der Waals surface area contributed by atoms with Crippen LogP contribution in [0.25, 0.3) is 0 Å². The molecule has 0 fully saturated rings. The normalized spacial score (nSPS) is 17.5. The highest BCUT2D eigenvalue weighted by atomic mass is 16.1. The zero-order chi connectivity index (χ0) is 12.8. The third-order valence-electron chi connectivity index (χ3n) is 2.82. The predicted octanol–water partition coefficient (Wildman–Crippen LogP) is -1.11. The number of carbonyl (C=O) groups is 1. The van der Waals surface area contributed by atoms with Gasteiger partial charge in [-0.2, -0.15) is 4.68 Å². The number of nitrogens with two attached hydrogens (primary N) is 1. The molecule has 1 amide bonds. The Kier molecular flexibility index (Phi) is 4.35. The number of tetrazole rings is 1. The molecule has 0 saturated carbocycles. The van der Waals surface area contributed by atoms with E-state index in [1.165, 1.54) is 0 Å². The molecule has 0 aromatic carbocycles. The minimum Gasteiger partial charge on any atom is -0.356 e. The smallest absolute Gasteiger partial charge is 0.220 e. The summed E-state index contributed by atoms with van der Waals surface area (Å²) in [6, 6.07) is 0. The number of hydrogen-bond donors (Lipinski definition) is 2. The van der Waals surface area contributed by atoms with Gasteiger partial charge < -0.3 is 11.1 Å². The first-order chi connectivity index (χ1) is 8.81. The second kappa shape index (κ2) is 6.20. The van der Waals surface area contributed by atoms with Crippen molar-refractivity contribution in [1.29, 1.82) is 0 Å². The number of aliphatic imine (C=N–C) groups is 1. The number of nitrogens with one attached hydrogen (secondary N) is 1. The lowest BCUT2D eigenvalue weighted by molar-refractivity contribution is -0.121. The molecule has 8 nitrogen and oxygen atoms in total. The molecule has 1 aliphatic rings. The van der Waals surface area contributed by atoms with Crippen LogP contribution in [0.1, 0.15) is 31.0 Å². The fourth-order valence-corrected chi connectivity index (χ4v) is 1.84. The summed E-state index contributed by atoms with van der Waals surface area (Å²) < 4.78 is 1.57. The Labute approximate surface area is 105 Å². The standard InChI is InChI=1S/C10H17N7O/c11-4-1-2-9(18)13-5-3-8-6-12-7-17-10(8)14-15-16-17/h7-8H,1-6,11H2,(H,13,18). The molecule has 1 unspecified atom stereocenters. The van der Waals surface area contributed by atoms with Gasteiger partial charge in [0.1, 0.15) is 6.34 Å². The van der Waals surface area contributed by atoms with Crippen LogP contribution in [0.5, 0.6) is 0 Å². The van der Waals surface area contributed by atoms with Crippen molar-refractivity contribution in [2.75, 3.05) is 19.6 Å². The highest BCUT2D eigenvalue weighted by Gasteiger charge is 2.21. The molecule has 3 N–H and O–H groups in total. The van der Waals surface area contributed by atoms with Crippen molar-refractivity contribution in [3.63, 3.8) is 0 Å². The van der Waals surface area contributed by atoms with E-state index in [0.717, 1.165) is 18.7 Å². The number of carbonyl (C=O) groups excluding carboxylic acids is 1. The minimum atomic E-state index is 0.0411. The fourth-order valence-electron chi connectivity index (χ4n) is 1.84. The first-order valence-electron chi connectivity index (χ1n) is 6.05. The van der Waals surface area contributed by atoms with Gasteiger partial charge in [0, 0.05) is 18.9 Å². The average Bonchev–Trinajstić information content (AvgIpc) is 2.85. The van der Waals surface area contributed by atoms with Crippen LogP contribution in [0, 0.1) is 0 Å². The Hall–Kier alpha value is -1.83. The number of aromatic nitrogens is 4. The zero-order valence-corrected chi connectivity index (χ0v) is 10.1. The summed E-state index contributed by atoms with van der Waals surface area (Å²) in [5, 5.41) is 14.2. The average molecular weight is 251 g/mol. The molecule has 0 saturated heterocycles. The highest BCUT2D eigenvalue weighted by Crippen LogP contribution is 2.18. The van der Waals surface area contributed by atoms with Gasteiger partial charge in [-0.05, 0) is 29.8 Å². The Morgan fingerprint density at radius 3 is 3.33 bits per heavy atom. The van der Waals surface area contributed by atoms with Crippen molar-refractivity contribution < 1.29 is 4.79 Å². The van der Waals surface area contributed by atoms with Gasteiger partial charge in [-0.15, -0.1) is 5.10 Å². The number of hydrogen-bond acceptors (Lipinski definition) is 6. The fraction of sp³-hybridized carbons (Fsp3) is 0.700. The lowest BCUT2D eigenvalue weighted by Crippen LogP contribution is -2.28. The largest absolute Gasteiger partial charge is 0.356 e. The highest BCUT2D eigenvalue weighted by molar-refractivity contribution is 5.75. The van der Waals surface area contributed by atoms with E-state index in [0.29, 0.717) is 26.1 Å². The van der Waals surface area contributed by atoms with Gasteiger partial charge in [0.05, 0.1) is 6.54 Å². The van der Waals surface area contributed by atoms with E-state index >= 15 is 0 Å². The van der Waals surface area contributed by atoms with E-state index in [-0.39, 0.29) is 11.8 Å². The molecule has 0 radical (unpaired) electrons. The van der Waals surface area contributed by atoms with E-state index in [9.17, 15) is 4.79 Å². The Bertz CT molecular complexity index is 428. The van der Waals surface area contributed by atoms with Crippen LogP contribution in [0.15, 0.2) is 4.99 Å². The zero-order valence-electron chi connectivity index (χ0n) is 10.1. The second-order valence-electron chi connectivity index (χ2n) is 4.19. The maximum absolute atomic E-state index is 11.4. The van der Waals surface area contributed by atoms with Gasteiger partial charge in [0.2, 0.25) is 5.91 Å². The van der Waals surface area contributed by atoms with Gasteiger partial charge in [-0.1, -0.05) is 0 Å². The molecule has 1 aromatic heterocycles. The summed E-state index contributed by atoms with van der Waals surface area (Å²) in [4.78, 5) is 15.6. The summed E-state index contributed by atoms with van der Waals surface area (Å²) >= 11 is 0. The third kappa shape index (κ3) is 3.10. The molecular formula is C10H17N7O. The van der Waals surface area contributed by atoms with Crippen molar-refractivity contribution in [1.82, 2.24) is 25.5 Å². The van der Waals surface area contributed by atoms with E-state index in [1.807, 2.05) is 0 Å². The van der Waals surface area contributed by atoms with Crippen LogP contribution >= 0.6 is 0 Å². The first kappa shape index (κ1) is 12.6. The summed E-state index contributed by atoms with van der Waals surface area (Å²) in [7, 11) is 0. The van der Waals surface area contributed by atoms with E-state index in [4.69, 9.17) is 5.73 Å². The van der Waals surface area contributed by atoms with E-state index in [2.05, 4.69) is 25.8 Å². The Morgan fingerprint density at radius 2 is 2.50 bits per heavy atom. The van der Waals surface area contributed by atoms with Gasteiger partial charge in [-0.3, -0.25) is 9.79 Å². The lowest BCUT2D eigenvalue weighted by atomic mass is 10.0. The minimum absolute atomic E-state index is 0.0411. The maximum atomic E-state index is 11.4. The molecule has 1 aliphatic heterocycles. The molecule has 2 heterocycles. The molecule has 2 rings (SSSR count). The van der Waals surface area contributed by atoms with Crippen molar-refractivity contribution in [3.05, 3.63) is 5.82 Å². The van der Waals surface area contributed by atoms with E-state index in [1.54, 1.807) is 11.0 Å². The van der Waals surface area contributed by atoms with Crippen LogP contribution < -0.4 is 11.1 Å². The third-order valence-corrected chi connectivity index (χ3v) is 2.82. The summed E-state index contributed by atoms with van der Waals surface area (Å²) in [5.41, 5.74) is 5.34. The monoisotopic (exact) mass is 251 g/mol. The SMILES string of the molecule is NCCCC(=O)NCCC1CN=Cn2nnnc21.